The summed E-state index contributed by atoms with van der Waals surface area (Å²) in [5.74, 6) is 0.680. The van der Waals surface area contributed by atoms with Gasteiger partial charge in [0.25, 0.3) is 11.6 Å². The van der Waals surface area contributed by atoms with Crippen molar-refractivity contribution < 1.29 is 9.72 Å². The Labute approximate surface area is 187 Å². The van der Waals surface area contributed by atoms with Crippen molar-refractivity contribution >= 4 is 51.8 Å². The molecule has 31 heavy (non-hydrogen) atoms. The van der Waals surface area contributed by atoms with E-state index in [1.807, 2.05) is 6.26 Å². The van der Waals surface area contributed by atoms with Crippen molar-refractivity contribution in [2.45, 2.75) is 25.5 Å². The number of nitrogens with one attached hydrogen (secondary N) is 2. The Bertz CT molecular complexity index is 1120. The van der Waals surface area contributed by atoms with Crippen LogP contribution in [0, 0.1) is 16.0 Å². The van der Waals surface area contributed by atoms with Gasteiger partial charge in [0.1, 0.15) is 5.82 Å². The first-order chi connectivity index (χ1) is 14.8. The number of fused-ring (bicyclic) bond motifs is 1. The molecule has 0 saturated carbocycles. The van der Waals surface area contributed by atoms with Crippen molar-refractivity contribution in [1.29, 1.82) is 0 Å². The van der Waals surface area contributed by atoms with Crippen LogP contribution in [0.2, 0.25) is 5.02 Å². The number of hydrogen-bond acceptors (Lipinski definition) is 8. The third kappa shape index (κ3) is 5.42. The molecule has 0 bridgehead atoms. The number of carbonyl (C=O) groups is 1. The average molecular weight is 464 g/mol. The molecule has 2 heterocycles. The molecule has 0 radical (unpaired) electrons. The largest absolute Gasteiger partial charge is 0.369 e. The van der Waals surface area contributed by atoms with Crippen LogP contribution < -0.4 is 10.6 Å². The van der Waals surface area contributed by atoms with Crippen molar-refractivity contribution in [3.8, 4) is 0 Å². The first-order valence-electron chi connectivity index (χ1n) is 9.53. The molecule has 0 aliphatic carbocycles. The number of carbonyl (C=O) groups excluding carboxylic acids is 1. The van der Waals surface area contributed by atoms with E-state index < -0.39 is 10.8 Å². The summed E-state index contributed by atoms with van der Waals surface area (Å²) in [6.07, 6.45) is 3.60. The molecule has 10 nitrogen and oxygen atoms in total. The van der Waals surface area contributed by atoms with E-state index in [1.54, 1.807) is 10.9 Å². The second-order valence-corrected chi connectivity index (χ2v) is 8.30. The molecule has 12 heteroatoms. The highest BCUT2D eigenvalue weighted by Crippen LogP contribution is 2.24. The lowest BCUT2D eigenvalue weighted by Crippen LogP contribution is -2.28. The summed E-state index contributed by atoms with van der Waals surface area (Å²) < 4.78 is 1.69. The predicted molar refractivity (Wildman–Crippen MR) is 121 cm³/mol. The summed E-state index contributed by atoms with van der Waals surface area (Å²) >= 11 is 7.46. The van der Waals surface area contributed by atoms with Gasteiger partial charge >= 0.3 is 0 Å². The third-order valence-corrected chi connectivity index (χ3v) is 5.23. The van der Waals surface area contributed by atoms with Crippen LogP contribution in [0.4, 0.5) is 11.5 Å². The SMILES string of the molecule is CSc1nc(NCC(C)C)c2cnn(CCNC(=O)c3cc([N+](=O)[O-])ccc3Cl)c2n1. The molecule has 3 aromatic rings. The summed E-state index contributed by atoms with van der Waals surface area (Å²) in [7, 11) is 0. The Kier molecular flexibility index (Phi) is 7.29. The van der Waals surface area contributed by atoms with Gasteiger partial charge in [-0.1, -0.05) is 37.2 Å². The van der Waals surface area contributed by atoms with Crippen LogP contribution in [-0.2, 0) is 6.54 Å². The Hall–Kier alpha value is -2.92. The van der Waals surface area contributed by atoms with Gasteiger partial charge in [-0.3, -0.25) is 14.9 Å². The molecule has 164 valence electrons. The topological polar surface area (TPSA) is 128 Å². The fourth-order valence-electron chi connectivity index (χ4n) is 2.80. The highest BCUT2D eigenvalue weighted by atomic mass is 35.5. The number of thioether (sulfide) groups is 1. The molecule has 0 aliphatic rings. The van der Waals surface area contributed by atoms with Gasteiger partial charge in [-0.05, 0) is 18.2 Å². The number of nitrogens with zero attached hydrogens (tertiary/aromatic N) is 5. The zero-order chi connectivity index (χ0) is 22.5. The maximum atomic E-state index is 12.4. The maximum Gasteiger partial charge on any atom is 0.270 e. The van der Waals surface area contributed by atoms with Crippen molar-refractivity contribution in [1.82, 2.24) is 25.1 Å². The van der Waals surface area contributed by atoms with Gasteiger partial charge < -0.3 is 10.6 Å². The smallest absolute Gasteiger partial charge is 0.270 e. The quantitative estimate of drug-likeness (QED) is 0.213. The zero-order valence-corrected chi connectivity index (χ0v) is 18.8. The van der Waals surface area contributed by atoms with E-state index in [1.165, 1.54) is 23.9 Å². The number of nitro groups is 1. The minimum Gasteiger partial charge on any atom is -0.369 e. The summed E-state index contributed by atoms with van der Waals surface area (Å²) in [6.45, 7) is 5.59. The second kappa shape index (κ2) is 9.92. The summed E-state index contributed by atoms with van der Waals surface area (Å²) in [5.41, 5.74) is 0.511. The van der Waals surface area contributed by atoms with Crippen LogP contribution in [-0.4, -0.2) is 49.9 Å². The van der Waals surface area contributed by atoms with Gasteiger partial charge in [-0.25, -0.2) is 14.6 Å². The van der Waals surface area contributed by atoms with Crippen molar-refractivity contribution in [2.24, 2.45) is 5.92 Å². The molecule has 0 spiro atoms. The van der Waals surface area contributed by atoms with Crippen LogP contribution in [0.3, 0.4) is 0 Å². The standard InChI is InChI=1S/C19H22ClN7O3S/c1-11(2)9-22-16-14-10-23-26(17(14)25-19(24-16)31-3)7-6-21-18(28)13-8-12(27(29)30)4-5-15(13)20/h4-5,8,10-11H,6-7,9H2,1-3H3,(H,21,28)(H,22,24,25). The monoisotopic (exact) mass is 463 g/mol. The van der Waals surface area contributed by atoms with Crippen LogP contribution in [0.5, 0.6) is 0 Å². The van der Waals surface area contributed by atoms with Crippen LogP contribution in [0.25, 0.3) is 11.0 Å². The van der Waals surface area contributed by atoms with Gasteiger partial charge in [0.2, 0.25) is 0 Å². The van der Waals surface area contributed by atoms with Crippen LogP contribution >= 0.6 is 23.4 Å². The summed E-state index contributed by atoms with van der Waals surface area (Å²) in [4.78, 5) is 31.9. The van der Waals surface area contributed by atoms with Crippen molar-refractivity contribution in [3.63, 3.8) is 0 Å². The number of aromatic nitrogens is 4. The predicted octanol–water partition coefficient (Wildman–Crippen LogP) is 3.61. The number of rotatable bonds is 9. The van der Waals surface area contributed by atoms with Crippen molar-refractivity contribution in [3.05, 3.63) is 45.1 Å². The molecule has 0 aliphatic heterocycles. The fraction of sp³-hybridized carbons (Fsp3) is 0.368. The van der Waals surface area contributed by atoms with E-state index in [2.05, 4.69) is 39.5 Å². The Morgan fingerprint density at radius 3 is 2.81 bits per heavy atom. The molecular weight excluding hydrogens is 442 g/mol. The lowest BCUT2D eigenvalue weighted by atomic mass is 10.2. The normalized spacial score (nSPS) is 11.1. The maximum absolute atomic E-state index is 12.4. The molecule has 2 aromatic heterocycles. The van der Waals surface area contributed by atoms with E-state index in [-0.39, 0.29) is 22.8 Å². The number of benzene rings is 1. The number of halogens is 1. The van der Waals surface area contributed by atoms with Gasteiger partial charge in [-0.15, -0.1) is 0 Å². The highest BCUT2D eigenvalue weighted by molar-refractivity contribution is 7.98. The molecule has 0 fully saturated rings. The summed E-state index contributed by atoms with van der Waals surface area (Å²) in [6, 6.07) is 3.75. The van der Waals surface area contributed by atoms with E-state index in [0.29, 0.717) is 23.3 Å². The lowest BCUT2D eigenvalue weighted by molar-refractivity contribution is -0.384. The third-order valence-electron chi connectivity index (χ3n) is 4.35. The molecule has 1 amide bonds. The fourth-order valence-corrected chi connectivity index (χ4v) is 3.36. The van der Waals surface area contributed by atoms with Gasteiger partial charge in [-0.2, -0.15) is 5.10 Å². The first-order valence-corrected chi connectivity index (χ1v) is 11.1. The van der Waals surface area contributed by atoms with Gasteiger partial charge in [0.15, 0.2) is 10.8 Å². The Balaban J connectivity index is 1.74. The zero-order valence-electron chi connectivity index (χ0n) is 17.3. The van der Waals surface area contributed by atoms with E-state index in [4.69, 9.17) is 11.6 Å². The van der Waals surface area contributed by atoms with Crippen LogP contribution in [0.15, 0.2) is 29.6 Å². The van der Waals surface area contributed by atoms with Crippen LogP contribution in [0.1, 0.15) is 24.2 Å². The molecule has 0 saturated heterocycles. The van der Waals surface area contributed by atoms with E-state index >= 15 is 0 Å². The molecule has 0 unspecified atom stereocenters. The molecule has 3 rings (SSSR count). The molecule has 2 N–H and O–H groups in total. The summed E-state index contributed by atoms with van der Waals surface area (Å²) in [5, 5.41) is 22.9. The van der Waals surface area contributed by atoms with Crippen molar-refractivity contribution in [2.75, 3.05) is 24.7 Å². The first kappa shape index (κ1) is 22.8. The van der Waals surface area contributed by atoms with Gasteiger partial charge in [0, 0.05) is 25.2 Å². The molecular formula is C19H22ClN7O3S. The number of anilines is 1. The average Bonchev–Trinajstić information content (AvgIpc) is 3.14. The number of amides is 1. The Morgan fingerprint density at radius 1 is 1.35 bits per heavy atom. The Morgan fingerprint density at radius 2 is 2.13 bits per heavy atom. The number of non-ortho nitro benzene ring substituents is 1. The minimum absolute atomic E-state index is 0.0494. The van der Waals surface area contributed by atoms with Gasteiger partial charge in [0.05, 0.1) is 33.6 Å². The van der Waals surface area contributed by atoms with E-state index in [9.17, 15) is 14.9 Å². The molecule has 1 aromatic carbocycles. The number of hydrogen-bond donors (Lipinski definition) is 2. The second-order valence-electron chi connectivity index (χ2n) is 7.12. The number of nitro benzene ring substituents is 1. The highest BCUT2D eigenvalue weighted by Gasteiger charge is 2.17. The van der Waals surface area contributed by atoms with E-state index in [0.717, 1.165) is 23.8 Å². The molecule has 0 atom stereocenters. The lowest BCUT2D eigenvalue weighted by Gasteiger charge is -2.11. The minimum atomic E-state index is -0.572.